The maximum Gasteiger partial charge on any atom is 0.242 e. The zero-order valence-electron chi connectivity index (χ0n) is 12.1. The second kappa shape index (κ2) is 6.34. The number of benzene rings is 1. The van der Waals surface area contributed by atoms with Crippen LogP contribution in [0.25, 0.3) is 0 Å². The Bertz CT molecular complexity index is 550. The minimum Gasteiger partial charge on any atom is -0.450 e. The van der Waals surface area contributed by atoms with Gasteiger partial charge in [-0.25, -0.2) is 0 Å². The summed E-state index contributed by atoms with van der Waals surface area (Å²) in [7, 11) is 0. The summed E-state index contributed by atoms with van der Waals surface area (Å²) in [6, 6.07) is 8.02. The number of rotatable bonds is 2. The van der Waals surface area contributed by atoms with Crippen molar-refractivity contribution >= 4 is 34.4 Å². The highest BCUT2D eigenvalue weighted by Gasteiger charge is 2.38. The summed E-state index contributed by atoms with van der Waals surface area (Å²) in [5.74, 6) is 0.913. The van der Waals surface area contributed by atoms with Crippen molar-refractivity contribution in [2.24, 2.45) is 11.0 Å². The van der Waals surface area contributed by atoms with E-state index in [1.165, 1.54) is 27.8 Å². The van der Waals surface area contributed by atoms with E-state index < -0.39 is 0 Å². The number of carbonyl (C=O) groups is 1. The number of amides is 1. The molecule has 0 N–H and O–H groups in total. The summed E-state index contributed by atoms with van der Waals surface area (Å²) < 4.78 is 7.22. The summed E-state index contributed by atoms with van der Waals surface area (Å²) >= 11 is 2.27. The number of hydrogen-bond acceptors (Lipinski definition) is 3. The molecule has 4 nitrogen and oxygen atoms in total. The molecule has 0 aromatic heterocycles. The van der Waals surface area contributed by atoms with Gasteiger partial charge in [0.2, 0.25) is 11.8 Å². The van der Waals surface area contributed by atoms with Crippen molar-refractivity contribution in [3.8, 4) is 0 Å². The lowest BCUT2D eigenvalue weighted by Crippen LogP contribution is -2.39. The van der Waals surface area contributed by atoms with Crippen molar-refractivity contribution in [1.82, 2.24) is 5.01 Å². The van der Waals surface area contributed by atoms with Gasteiger partial charge < -0.3 is 4.74 Å². The van der Waals surface area contributed by atoms with Crippen LogP contribution in [0.1, 0.15) is 44.6 Å². The third-order valence-electron chi connectivity index (χ3n) is 4.14. The molecule has 5 heteroatoms. The van der Waals surface area contributed by atoms with Gasteiger partial charge in [0.15, 0.2) is 6.23 Å². The van der Waals surface area contributed by atoms with E-state index in [9.17, 15) is 4.79 Å². The number of ether oxygens (including phenoxy) is 1. The van der Waals surface area contributed by atoms with Crippen LogP contribution >= 0.6 is 22.6 Å². The zero-order valence-corrected chi connectivity index (χ0v) is 14.2. The molecule has 0 spiro atoms. The standard InChI is InChI=1S/C16H19IN2O2/c1-11(20)19-16(13-5-3-2-4-6-13)21-15(18-19)12-7-9-14(17)10-8-12/h7-10,13,16H,2-6H2,1H3/t16-/m0/s1. The zero-order chi connectivity index (χ0) is 14.8. The van der Waals surface area contributed by atoms with Gasteiger partial charge in [-0.1, -0.05) is 19.3 Å². The van der Waals surface area contributed by atoms with Gasteiger partial charge in [0, 0.05) is 22.0 Å². The summed E-state index contributed by atoms with van der Waals surface area (Å²) in [5.41, 5.74) is 0.931. The average molecular weight is 398 g/mol. The van der Waals surface area contributed by atoms with Crippen molar-refractivity contribution in [3.05, 3.63) is 33.4 Å². The van der Waals surface area contributed by atoms with Gasteiger partial charge in [-0.2, -0.15) is 5.01 Å². The van der Waals surface area contributed by atoms with Crippen LogP contribution in [-0.2, 0) is 9.53 Å². The SMILES string of the molecule is CC(=O)N1N=C(c2ccc(I)cc2)O[C@H]1C1CCCCC1. The Morgan fingerprint density at radius 2 is 1.90 bits per heavy atom. The van der Waals surface area contributed by atoms with Crippen LogP contribution in [0.5, 0.6) is 0 Å². The van der Waals surface area contributed by atoms with Crippen LogP contribution in [0.3, 0.4) is 0 Å². The van der Waals surface area contributed by atoms with Crippen LogP contribution in [0.4, 0.5) is 0 Å². The molecule has 0 radical (unpaired) electrons. The molecule has 1 saturated carbocycles. The molecule has 1 aromatic carbocycles. The predicted molar refractivity (Wildman–Crippen MR) is 89.7 cm³/mol. The molecule has 1 amide bonds. The van der Waals surface area contributed by atoms with E-state index in [0.29, 0.717) is 11.8 Å². The molecule has 1 atom stereocenters. The molecular formula is C16H19IN2O2. The molecule has 0 unspecified atom stereocenters. The Labute approximate surface area is 138 Å². The molecule has 2 aliphatic rings. The topological polar surface area (TPSA) is 41.9 Å². The quantitative estimate of drug-likeness (QED) is 0.713. The number of hydrazone groups is 1. The van der Waals surface area contributed by atoms with Gasteiger partial charge >= 0.3 is 0 Å². The van der Waals surface area contributed by atoms with Crippen molar-refractivity contribution < 1.29 is 9.53 Å². The van der Waals surface area contributed by atoms with E-state index >= 15 is 0 Å². The first-order valence-electron chi connectivity index (χ1n) is 7.46. The first-order valence-corrected chi connectivity index (χ1v) is 8.54. The molecule has 21 heavy (non-hydrogen) atoms. The maximum atomic E-state index is 11.9. The van der Waals surface area contributed by atoms with Crippen LogP contribution < -0.4 is 0 Å². The molecule has 3 rings (SSSR count). The summed E-state index contributed by atoms with van der Waals surface area (Å²) in [5, 5.41) is 5.95. The predicted octanol–water partition coefficient (Wildman–Crippen LogP) is 3.74. The van der Waals surface area contributed by atoms with Gasteiger partial charge in [-0.15, -0.1) is 5.10 Å². The summed E-state index contributed by atoms with van der Waals surface area (Å²) in [6.45, 7) is 1.56. The Balaban J connectivity index is 1.82. The fraction of sp³-hybridized carbons (Fsp3) is 0.500. The fourth-order valence-corrected chi connectivity index (χ4v) is 3.39. The van der Waals surface area contributed by atoms with Crippen LogP contribution in [-0.4, -0.2) is 23.0 Å². The van der Waals surface area contributed by atoms with Gasteiger partial charge in [0.1, 0.15) is 0 Å². The van der Waals surface area contributed by atoms with E-state index in [2.05, 4.69) is 27.7 Å². The lowest BCUT2D eigenvalue weighted by molar-refractivity contribution is -0.138. The lowest BCUT2D eigenvalue weighted by atomic mass is 9.88. The van der Waals surface area contributed by atoms with Crippen LogP contribution in [0.15, 0.2) is 29.4 Å². The first kappa shape index (κ1) is 14.8. The van der Waals surface area contributed by atoms with Crippen molar-refractivity contribution in [1.29, 1.82) is 0 Å². The molecule has 1 fully saturated rings. The number of halogens is 1. The molecule has 1 heterocycles. The minimum atomic E-state index is -0.225. The fourth-order valence-electron chi connectivity index (χ4n) is 3.03. The summed E-state index contributed by atoms with van der Waals surface area (Å²) in [6.07, 6.45) is 5.73. The molecule has 1 aromatic rings. The van der Waals surface area contributed by atoms with E-state index in [1.54, 1.807) is 6.92 Å². The Hall–Kier alpha value is -1.11. The third-order valence-corrected chi connectivity index (χ3v) is 4.86. The molecule has 1 aliphatic carbocycles. The largest absolute Gasteiger partial charge is 0.450 e. The maximum absolute atomic E-state index is 11.9. The van der Waals surface area contributed by atoms with E-state index in [4.69, 9.17) is 4.74 Å². The molecule has 112 valence electrons. The van der Waals surface area contributed by atoms with E-state index in [0.717, 1.165) is 18.4 Å². The Morgan fingerprint density at radius 1 is 1.24 bits per heavy atom. The second-order valence-corrected chi connectivity index (χ2v) is 6.93. The number of carbonyl (C=O) groups excluding carboxylic acids is 1. The van der Waals surface area contributed by atoms with Gasteiger partial charge in [-0.3, -0.25) is 4.79 Å². The normalized spacial score (nSPS) is 22.9. The van der Waals surface area contributed by atoms with E-state index in [-0.39, 0.29) is 12.1 Å². The number of nitrogens with zero attached hydrogens (tertiary/aromatic N) is 2. The van der Waals surface area contributed by atoms with Crippen LogP contribution in [0.2, 0.25) is 0 Å². The van der Waals surface area contributed by atoms with Crippen molar-refractivity contribution in [2.45, 2.75) is 45.3 Å². The van der Waals surface area contributed by atoms with Gasteiger partial charge in [-0.05, 0) is 59.7 Å². The monoisotopic (exact) mass is 398 g/mol. The molecule has 1 aliphatic heterocycles. The van der Waals surface area contributed by atoms with Crippen molar-refractivity contribution in [3.63, 3.8) is 0 Å². The minimum absolute atomic E-state index is 0.0499. The van der Waals surface area contributed by atoms with Gasteiger partial charge in [0.25, 0.3) is 0 Å². The Kier molecular flexibility index (Phi) is 4.47. The van der Waals surface area contributed by atoms with Crippen molar-refractivity contribution in [2.75, 3.05) is 0 Å². The average Bonchev–Trinajstić information content (AvgIpc) is 2.94. The van der Waals surface area contributed by atoms with E-state index in [1.807, 2.05) is 24.3 Å². The lowest BCUT2D eigenvalue weighted by Gasteiger charge is -2.30. The highest BCUT2D eigenvalue weighted by molar-refractivity contribution is 14.1. The smallest absolute Gasteiger partial charge is 0.242 e. The van der Waals surface area contributed by atoms with Gasteiger partial charge in [0.05, 0.1) is 0 Å². The highest BCUT2D eigenvalue weighted by Crippen LogP contribution is 2.33. The Morgan fingerprint density at radius 3 is 2.52 bits per heavy atom. The third kappa shape index (κ3) is 3.22. The highest BCUT2D eigenvalue weighted by atomic mass is 127. The summed E-state index contributed by atoms with van der Waals surface area (Å²) in [4.78, 5) is 11.9. The number of hydrogen-bond donors (Lipinski definition) is 0. The molecule has 0 bridgehead atoms. The second-order valence-electron chi connectivity index (χ2n) is 5.68. The first-order chi connectivity index (χ1) is 10.1. The van der Waals surface area contributed by atoms with Crippen LogP contribution in [0, 0.1) is 9.49 Å². The molecular weight excluding hydrogens is 379 g/mol. The molecule has 0 saturated heterocycles.